The Bertz CT molecular complexity index is 1020. The van der Waals surface area contributed by atoms with Gasteiger partial charge in [0.1, 0.15) is 5.65 Å². The van der Waals surface area contributed by atoms with E-state index in [2.05, 4.69) is 10.1 Å². The van der Waals surface area contributed by atoms with E-state index >= 15 is 0 Å². The van der Waals surface area contributed by atoms with Crippen LogP contribution in [0.4, 0.5) is 13.2 Å². The fourth-order valence-corrected chi connectivity index (χ4v) is 2.81. The van der Waals surface area contributed by atoms with E-state index in [1.165, 1.54) is 10.7 Å². The Morgan fingerprint density at radius 2 is 2.00 bits per heavy atom. The van der Waals surface area contributed by atoms with E-state index in [1.807, 2.05) is 0 Å². The summed E-state index contributed by atoms with van der Waals surface area (Å²) in [5.74, 6) is -0.672. The predicted octanol–water partition coefficient (Wildman–Crippen LogP) is 3.61. The van der Waals surface area contributed by atoms with Gasteiger partial charge < -0.3 is 10.1 Å². The van der Waals surface area contributed by atoms with Gasteiger partial charge in [-0.05, 0) is 19.1 Å². The standard InChI is InChI=1S/C15H11ClF3N3O2/c1-6-10-12(23)13(24)11(20-14(10)22(2)21-6)7-3-4-9(16)8(5-7)15(17,18)19/h3-5,24H,1-2H3,(H,20,23). The number of hydrogen-bond donors (Lipinski definition) is 2. The molecule has 0 bridgehead atoms. The highest BCUT2D eigenvalue weighted by Crippen LogP contribution is 2.38. The van der Waals surface area contributed by atoms with Gasteiger partial charge in [-0.3, -0.25) is 9.48 Å². The number of halogens is 4. The SMILES string of the molecule is Cc1nn(C)c2[nH]c(-c3ccc(Cl)c(C(F)(F)F)c3)c(O)c(=O)c12. The quantitative estimate of drug-likeness (QED) is 0.699. The van der Waals surface area contributed by atoms with E-state index in [0.29, 0.717) is 11.3 Å². The summed E-state index contributed by atoms with van der Waals surface area (Å²) in [6, 6.07) is 3.14. The number of fused-ring (bicyclic) bond motifs is 1. The molecule has 2 aromatic heterocycles. The molecule has 9 heteroatoms. The van der Waals surface area contributed by atoms with Gasteiger partial charge in [-0.15, -0.1) is 0 Å². The molecule has 0 radical (unpaired) electrons. The third-order valence-electron chi connectivity index (χ3n) is 3.70. The molecule has 0 aliphatic rings. The molecule has 3 aromatic rings. The smallest absolute Gasteiger partial charge is 0.417 e. The number of aromatic amines is 1. The number of aryl methyl sites for hydroxylation is 2. The number of rotatable bonds is 1. The molecule has 0 unspecified atom stereocenters. The normalized spacial score (nSPS) is 12.1. The van der Waals surface area contributed by atoms with Crippen molar-refractivity contribution in [1.82, 2.24) is 14.8 Å². The predicted molar refractivity (Wildman–Crippen MR) is 83.2 cm³/mol. The highest BCUT2D eigenvalue weighted by atomic mass is 35.5. The monoisotopic (exact) mass is 357 g/mol. The molecule has 3 rings (SSSR count). The maximum Gasteiger partial charge on any atom is 0.417 e. The minimum atomic E-state index is -4.66. The first-order valence-electron chi connectivity index (χ1n) is 6.77. The van der Waals surface area contributed by atoms with Crippen molar-refractivity contribution in [2.45, 2.75) is 13.1 Å². The number of aromatic nitrogens is 3. The lowest BCUT2D eigenvalue weighted by Gasteiger charge is -2.12. The van der Waals surface area contributed by atoms with E-state index in [0.717, 1.165) is 12.1 Å². The summed E-state index contributed by atoms with van der Waals surface area (Å²) < 4.78 is 40.4. The lowest BCUT2D eigenvalue weighted by Crippen LogP contribution is -2.08. The van der Waals surface area contributed by atoms with Crippen molar-refractivity contribution in [2.24, 2.45) is 7.05 Å². The molecule has 0 saturated carbocycles. The average Bonchev–Trinajstić information content (AvgIpc) is 2.77. The maximum atomic E-state index is 13.0. The molecule has 0 aliphatic carbocycles. The van der Waals surface area contributed by atoms with E-state index < -0.39 is 27.9 Å². The van der Waals surface area contributed by atoms with Crippen molar-refractivity contribution < 1.29 is 18.3 Å². The Morgan fingerprint density at radius 3 is 2.62 bits per heavy atom. The van der Waals surface area contributed by atoms with Gasteiger partial charge in [-0.1, -0.05) is 17.7 Å². The van der Waals surface area contributed by atoms with Gasteiger partial charge in [0.25, 0.3) is 0 Å². The van der Waals surface area contributed by atoms with Gasteiger partial charge in [0.15, 0.2) is 5.75 Å². The van der Waals surface area contributed by atoms with Gasteiger partial charge in [-0.2, -0.15) is 18.3 Å². The third-order valence-corrected chi connectivity index (χ3v) is 4.03. The van der Waals surface area contributed by atoms with Crippen LogP contribution in [-0.4, -0.2) is 19.9 Å². The van der Waals surface area contributed by atoms with Crippen molar-refractivity contribution in [2.75, 3.05) is 0 Å². The summed E-state index contributed by atoms with van der Waals surface area (Å²) in [4.78, 5) is 15.1. The van der Waals surface area contributed by atoms with Crippen LogP contribution in [0.15, 0.2) is 23.0 Å². The van der Waals surface area contributed by atoms with Crippen LogP contribution in [0.5, 0.6) is 5.75 Å². The van der Waals surface area contributed by atoms with Crippen LogP contribution in [0.25, 0.3) is 22.3 Å². The first-order chi connectivity index (χ1) is 11.1. The fourth-order valence-electron chi connectivity index (χ4n) is 2.59. The third kappa shape index (κ3) is 2.43. The Labute approximate surface area is 138 Å². The first kappa shape index (κ1) is 16.4. The van der Waals surface area contributed by atoms with Crippen LogP contribution in [0.1, 0.15) is 11.3 Å². The molecule has 0 aliphatic heterocycles. The zero-order valence-electron chi connectivity index (χ0n) is 12.5. The van der Waals surface area contributed by atoms with Crippen LogP contribution in [0.3, 0.4) is 0 Å². The average molecular weight is 358 g/mol. The molecule has 126 valence electrons. The van der Waals surface area contributed by atoms with Gasteiger partial charge >= 0.3 is 6.18 Å². The Morgan fingerprint density at radius 1 is 1.33 bits per heavy atom. The molecule has 0 spiro atoms. The van der Waals surface area contributed by atoms with E-state index in [9.17, 15) is 23.1 Å². The maximum absolute atomic E-state index is 13.0. The number of aromatic hydroxyl groups is 1. The number of pyridine rings is 1. The van der Waals surface area contributed by atoms with E-state index in [4.69, 9.17) is 11.6 Å². The second-order valence-electron chi connectivity index (χ2n) is 5.30. The zero-order valence-corrected chi connectivity index (χ0v) is 13.2. The number of nitrogens with one attached hydrogen (secondary N) is 1. The van der Waals surface area contributed by atoms with Crippen molar-refractivity contribution >= 4 is 22.6 Å². The van der Waals surface area contributed by atoms with Gasteiger partial charge in [0.2, 0.25) is 5.43 Å². The molecule has 2 heterocycles. The van der Waals surface area contributed by atoms with Crippen molar-refractivity contribution in [3.63, 3.8) is 0 Å². The molecule has 24 heavy (non-hydrogen) atoms. The molecule has 5 nitrogen and oxygen atoms in total. The van der Waals surface area contributed by atoms with Gasteiger partial charge in [0.05, 0.1) is 27.4 Å². The van der Waals surface area contributed by atoms with E-state index in [1.54, 1.807) is 14.0 Å². The molecule has 0 amide bonds. The summed E-state index contributed by atoms with van der Waals surface area (Å²) >= 11 is 5.59. The van der Waals surface area contributed by atoms with Crippen LogP contribution < -0.4 is 5.43 Å². The van der Waals surface area contributed by atoms with Crippen LogP contribution in [0.2, 0.25) is 5.02 Å². The second-order valence-corrected chi connectivity index (χ2v) is 5.71. The minimum Gasteiger partial charge on any atom is -0.503 e. The Balaban J connectivity index is 2.33. The Hall–Kier alpha value is -2.48. The van der Waals surface area contributed by atoms with Crippen LogP contribution in [-0.2, 0) is 13.2 Å². The number of hydrogen-bond acceptors (Lipinski definition) is 3. The van der Waals surface area contributed by atoms with E-state index in [-0.39, 0.29) is 16.6 Å². The molecular weight excluding hydrogens is 347 g/mol. The molecular formula is C15H11ClF3N3O2. The van der Waals surface area contributed by atoms with Crippen molar-refractivity contribution in [1.29, 1.82) is 0 Å². The molecule has 0 fully saturated rings. The first-order valence-corrected chi connectivity index (χ1v) is 7.14. The van der Waals surface area contributed by atoms with Gasteiger partial charge in [-0.25, -0.2) is 0 Å². The summed E-state index contributed by atoms with van der Waals surface area (Å²) in [5.41, 5.74) is -1.19. The molecule has 0 atom stereocenters. The summed E-state index contributed by atoms with van der Waals surface area (Å²) in [6.45, 7) is 1.60. The van der Waals surface area contributed by atoms with Crippen LogP contribution >= 0.6 is 11.6 Å². The Kier molecular flexibility index (Phi) is 3.60. The lowest BCUT2D eigenvalue weighted by atomic mass is 10.1. The summed E-state index contributed by atoms with van der Waals surface area (Å²) in [6.07, 6.45) is -4.66. The van der Waals surface area contributed by atoms with Crippen LogP contribution in [0, 0.1) is 6.92 Å². The van der Waals surface area contributed by atoms with Gasteiger partial charge in [0, 0.05) is 12.6 Å². The van der Waals surface area contributed by atoms with Crippen molar-refractivity contribution in [3.05, 3.63) is 44.7 Å². The highest BCUT2D eigenvalue weighted by molar-refractivity contribution is 6.31. The second kappa shape index (κ2) is 5.27. The lowest BCUT2D eigenvalue weighted by molar-refractivity contribution is -0.137. The number of nitrogens with zero attached hydrogens (tertiary/aromatic N) is 2. The zero-order chi connectivity index (χ0) is 17.8. The molecule has 1 aromatic carbocycles. The topological polar surface area (TPSA) is 70.9 Å². The summed E-state index contributed by atoms with van der Waals surface area (Å²) in [7, 11) is 1.58. The largest absolute Gasteiger partial charge is 0.503 e. The number of H-pyrrole nitrogens is 1. The summed E-state index contributed by atoms with van der Waals surface area (Å²) in [5, 5.41) is 13.9. The minimum absolute atomic E-state index is 0.0120. The molecule has 2 N–H and O–H groups in total. The number of benzene rings is 1. The number of alkyl halides is 3. The highest BCUT2D eigenvalue weighted by Gasteiger charge is 2.33. The fraction of sp³-hybridized carbons (Fsp3) is 0.200. The molecule has 0 saturated heterocycles. The van der Waals surface area contributed by atoms with Crippen molar-refractivity contribution in [3.8, 4) is 17.0 Å².